The Balaban J connectivity index is 1.71. The number of thiophene rings is 1. The van der Waals surface area contributed by atoms with Crippen molar-refractivity contribution < 1.29 is 4.52 Å². The molecule has 4 rings (SSSR count). The SMILES string of the molecule is NC1(c2noc(-c3csc4c3CCCC4)n2)CCC1. The van der Waals surface area contributed by atoms with Crippen LogP contribution in [0.4, 0.5) is 0 Å². The van der Waals surface area contributed by atoms with E-state index in [9.17, 15) is 0 Å². The number of hydrogen-bond acceptors (Lipinski definition) is 5. The third kappa shape index (κ3) is 1.75. The Morgan fingerprint density at radius 1 is 1.21 bits per heavy atom. The molecular formula is C14H17N3OS. The van der Waals surface area contributed by atoms with Gasteiger partial charge in [-0.05, 0) is 50.5 Å². The number of aromatic nitrogens is 2. The van der Waals surface area contributed by atoms with Crippen molar-refractivity contribution in [3.8, 4) is 11.5 Å². The van der Waals surface area contributed by atoms with Crippen molar-refractivity contribution in [3.63, 3.8) is 0 Å². The zero-order chi connectivity index (χ0) is 12.9. The summed E-state index contributed by atoms with van der Waals surface area (Å²) in [5.74, 6) is 1.34. The maximum atomic E-state index is 6.25. The summed E-state index contributed by atoms with van der Waals surface area (Å²) in [6, 6.07) is 0. The van der Waals surface area contributed by atoms with Crippen LogP contribution in [0.25, 0.3) is 11.5 Å². The molecule has 2 heterocycles. The van der Waals surface area contributed by atoms with Crippen molar-refractivity contribution in [1.82, 2.24) is 10.1 Å². The molecule has 1 saturated carbocycles. The Kier molecular flexibility index (Phi) is 2.53. The lowest BCUT2D eigenvalue weighted by Crippen LogP contribution is -2.44. The number of hydrogen-bond donors (Lipinski definition) is 1. The van der Waals surface area contributed by atoms with Crippen molar-refractivity contribution in [1.29, 1.82) is 0 Å². The highest BCUT2D eigenvalue weighted by atomic mass is 32.1. The van der Waals surface area contributed by atoms with Crippen LogP contribution in [-0.2, 0) is 18.4 Å². The van der Waals surface area contributed by atoms with E-state index in [1.54, 1.807) is 0 Å². The highest BCUT2D eigenvalue weighted by Gasteiger charge is 2.39. The van der Waals surface area contributed by atoms with Crippen molar-refractivity contribution in [2.24, 2.45) is 5.73 Å². The molecule has 0 amide bonds. The van der Waals surface area contributed by atoms with Crippen molar-refractivity contribution in [2.75, 3.05) is 0 Å². The molecule has 19 heavy (non-hydrogen) atoms. The van der Waals surface area contributed by atoms with Gasteiger partial charge in [-0.25, -0.2) is 0 Å². The molecule has 2 aromatic rings. The zero-order valence-electron chi connectivity index (χ0n) is 10.8. The first-order valence-electron chi connectivity index (χ1n) is 6.99. The Hall–Kier alpha value is -1.20. The van der Waals surface area contributed by atoms with Gasteiger partial charge in [0.25, 0.3) is 5.89 Å². The van der Waals surface area contributed by atoms with Crippen LogP contribution >= 0.6 is 11.3 Å². The summed E-state index contributed by atoms with van der Waals surface area (Å²) in [5, 5.41) is 6.27. The predicted molar refractivity (Wildman–Crippen MR) is 74.0 cm³/mol. The van der Waals surface area contributed by atoms with Crippen molar-refractivity contribution in [2.45, 2.75) is 50.5 Å². The first kappa shape index (κ1) is 11.6. The van der Waals surface area contributed by atoms with Crippen LogP contribution < -0.4 is 5.73 Å². The van der Waals surface area contributed by atoms with Gasteiger partial charge in [-0.1, -0.05) is 5.16 Å². The van der Waals surface area contributed by atoms with Crippen molar-refractivity contribution in [3.05, 3.63) is 21.6 Å². The highest BCUT2D eigenvalue weighted by molar-refractivity contribution is 7.10. The standard InChI is InChI=1S/C14H17N3OS/c15-14(6-3-7-14)13-16-12(18-17-13)10-8-19-11-5-2-1-4-9(10)11/h8H,1-7,15H2. The molecule has 0 unspecified atom stereocenters. The summed E-state index contributed by atoms with van der Waals surface area (Å²) in [7, 11) is 0. The Labute approximate surface area is 116 Å². The van der Waals surface area contributed by atoms with Gasteiger partial charge >= 0.3 is 0 Å². The monoisotopic (exact) mass is 275 g/mol. The first-order valence-corrected chi connectivity index (χ1v) is 7.87. The molecule has 0 atom stereocenters. The van der Waals surface area contributed by atoms with Gasteiger partial charge in [0, 0.05) is 10.3 Å². The fourth-order valence-corrected chi connectivity index (χ4v) is 4.11. The molecule has 0 bridgehead atoms. The van der Waals surface area contributed by atoms with Gasteiger partial charge in [0.15, 0.2) is 5.82 Å². The van der Waals surface area contributed by atoms with Crippen LogP contribution in [-0.4, -0.2) is 10.1 Å². The molecule has 5 heteroatoms. The number of nitrogens with two attached hydrogens (primary N) is 1. The van der Waals surface area contributed by atoms with Gasteiger partial charge in [-0.2, -0.15) is 4.98 Å². The van der Waals surface area contributed by atoms with Gasteiger partial charge in [0.1, 0.15) is 0 Å². The Bertz CT molecular complexity index is 612. The minimum atomic E-state index is -0.335. The van der Waals surface area contributed by atoms with Crippen molar-refractivity contribution >= 4 is 11.3 Å². The lowest BCUT2D eigenvalue weighted by molar-refractivity contribution is 0.229. The topological polar surface area (TPSA) is 64.9 Å². The molecule has 4 nitrogen and oxygen atoms in total. The average Bonchev–Trinajstić information content (AvgIpc) is 3.02. The van der Waals surface area contributed by atoms with Gasteiger partial charge in [0.05, 0.1) is 11.1 Å². The van der Waals surface area contributed by atoms with E-state index in [-0.39, 0.29) is 5.54 Å². The van der Waals surface area contributed by atoms with Gasteiger partial charge < -0.3 is 10.3 Å². The molecule has 2 aliphatic rings. The Morgan fingerprint density at radius 3 is 2.84 bits per heavy atom. The predicted octanol–water partition coefficient (Wildman–Crippen LogP) is 3.01. The minimum absolute atomic E-state index is 0.335. The van der Waals surface area contributed by atoms with E-state index >= 15 is 0 Å². The number of fused-ring (bicyclic) bond motifs is 1. The molecule has 2 N–H and O–H groups in total. The number of rotatable bonds is 2. The summed E-state index contributed by atoms with van der Waals surface area (Å²) in [6.07, 6.45) is 7.99. The van der Waals surface area contributed by atoms with E-state index in [0.29, 0.717) is 11.7 Å². The lowest BCUT2D eigenvalue weighted by atomic mass is 9.77. The van der Waals surface area contributed by atoms with E-state index in [1.807, 2.05) is 11.3 Å². The third-order valence-electron chi connectivity index (χ3n) is 4.41. The van der Waals surface area contributed by atoms with E-state index in [4.69, 9.17) is 10.3 Å². The van der Waals surface area contributed by atoms with E-state index < -0.39 is 0 Å². The fourth-order valence-electron chi connectivity index (χ4n) is 2.99. The first-order chi connectivity index (χ1) is 9.26. The summed E-state index contributed by atoms with van der Waals surface area (Å²) in [4.78, 5) is 6.05. The lowest BCUT2D eigenvalue weighted by Gasteiger charge is -2.34. The van der Waals surface area contributed by atoms with Gasteiger partial charge in [0.2, 0.25) is 0 Å². The van der Waals surface area contributed by atoms with Gasteiger partial charge in [-0.3, -0.25) is 0 Å². The molecule has 0 aliphatic heterocycles. The smallest absolute Gasteiger partial charge is 0.259 e. The molecule has 0 spiro atoms. The van der Waals surface area contributed by atoms with E-state index in [2.05, 4.69) is 15.5 Å². The normalized spacial score (nSPS) is 20.9. The second kappa shape index (κ2) is 4.15. The summed E-state index contributed by atoms with van der Waals surface area (Å²) in [6.45, 7) is 0. The zero-order valence-corrected chi connectivity index (χ0v) is 11.6. The second-order valence-corrected chi connectivity index (χ2v) is 6.66. The molecule has 0 saturated heterocycles. The van der Waals surface area contributed by atoms with E-state index in [0.717, 1.165) is 31.2 Å². The maximum absolute atomic E-state index is 6.25. The quantitative estimate of drug-likeness (QED) is 0.915. The van der Waals surface area contributed by atoms with Crippen LogP contribution in [0.3, 0.4) is 0 Å². The molecular weight excluding hydrogens is 258 g/mol. The number of aryl methyl sites for hydroxylation is 1. The third-order valence-corrected chi connectivity index (χ3v) is 5.50. The molecule has 100 valence electrons. The number of nitrogens with zero attached hydrogens (tertiary/aromatic N) is 2. The van der Waals surface area contributed by atoms with Crippen LogP contribution in [0.15, 0.2) is 9.90 Å². The Morgan fingerprint density at radius 2 is 2.05 bits per heavy atom. The van der Waals surface area contributed by atoms with E-state index in [1.165, 1.54) is 29.7 Å². The summed E-state index contributed by atoms with van der Waals surface area (Å²) < 4.78 is 5.46. The largest absolute Gasteiger partial charge is 0.334 e. The maximum Gasteiger partial charge on any atom is 0.259 e. The summed E-state index contributed by atoms with van der Waals surface area (Å²) >= 11 is 1.82. The molecule has 0 radical (unpaired) electrons. The molecule has 2 aliphatic carbocycles. The minimum Gasteiger partial charge on any atom is -0.334 e. The van der Waals surface area contributed by atoms with Gasteiger partial charge in [-0.15, -0.1) is 11.3 Å². The van der Waals surface area contributed by atoms with Crippen LogP contribution in [0, 0.1) is 0 Å². The molecule has 0 aromatic carbocycles. The van der Waals surface area contributed by atoms with Crippen LogP contribution in [0.1, 0.15) is 48.4 Å². The summed E-state index contributed by atoms with van der Waals surface area (Å²) in [5.41, 5.74) is 8.47. The molecule has 2 aromatic heterocycles. The van der Waals surface area contributed by atoms with Crippen LogP contribution in [0.5, 0.6) is 0 Å². The fraction of sp³-hybridized carbons (Fsp3) is 0.571. The van der Waals surface area contributed by atoms with Crippen LogP contribution in [0.2, 0.25) is 0 Å². The average molecular weight is 275 g/mol. The second-order valence-electron chi connectivity index (χ2n) is 5.69. The molecule has 1 fully saturated rings. The highest BCUT2D eigenvalue weighted by Crippen LogP contribution is 2.39.